The van der Waals surface area contributed by atoms with Gasteiger partial charge in [0.25, 0.3) is 0 Å². The number of halogens is 1. The third-order valence-electron chi connectivity index (χ3n) is 3.16. The van der Waals surface area contributed by atoms with Crippen molar-refractivity contribution in [3.8, 4) is 0 Å². The minimum absolute atomic E-state index is 0.308. The quantitative estimate of drug-likeness (QED) is 0.839. The molecule has 1 aromatic heterocycles. The van der Waals surface area contributed by atoms with Crippen molar-refractivity contribution >= 4 is 22.6 Å². The summed E-state index contributed by atoms with van der Waals surface area (Å²) in [6, 6.07) is 11.1. The van der Waals surface area contributed by atoms with Gasteiger partial charge in [0.05, 0.1) is 0 Å². The van der Waals surface area contributed by atoms with Gasteiger partial charge in [-0.15, -0.1) is 0 Å². The fourth-order valence-electron chi connectivity index (χ4n) is 2.22. The number of rotatable bonds is 4. The van der Waals surface area contributed by atoms with E-state index in [1.807, 2.05) is 20.9 Å². The molecule has 3 heteroatoms. The van der Waals surface area contributed by atoms with Crippen LogP contribution in [0.25, 0.3) is 0 Å². The summed E-state index contributed by atoms with van der Waals surface area (Å²) >= 11 is 2.33. The van der Waals surface area contributed by atoms with Crippen LogP contribution in [0.1, 0.15) is 28.7 Å². The monoisotopic (exact) mass is 355 g/mol. The lowest BCUT2D eigenvalue weighted by Crippen LogP contribution is -2.19. The average molecular weight is 355 g/mol. The van der Waals surface area contributed by atoms with Gasteiger partial charge in [0.2, 0.25) is 0 Å². The highest BCUT2D eigenvalue weighted by Gasteiger charge is 2.15. The van der Waals surface area contributed by atoms with Gasteiger partial charge in [0.15, 0.2) is 0 Å². The van der Waals surface area contributed by atoms with Gasteiger partial charge in [-0.05, 0) is 73.7 Å². The van der Waals surface area contributed by atoms with Crippen LogP contribution >= 0.6 is 22.6 Å². The Morgan fingerprint density at radius 3 is 2.39 bits per heavy atom. The zero-order valence-electron chi connectivity index (χ0n) is 11.0. The van der Waals surface area contributed by atoms with Gasteiger partial charge in [-0.3, -0.25) is 0 Å². The molecule has 0 amide bonds. The van der Waals surface area contributed by atoms with E-state index in [9.17, 15) is 0 Å². The lowest BCUT2D eigenvalue weighted by molar-refractivity contribution is 0.490. The van der Waals surface area contributed by atoms with Gasteiger partial charge in [0.1, 0.15) is 11.5 Å². The number of benzene rings is 1. The van der Waals surface area contributed by atoms with Crippen LogP contribution in [0.4, 0.5) is 0 Å². The SMILES string of the molecule is CNC(Cc1ccc(I)cc1)c1cc(C)oc1C. The highest BCUT2D eigenvalue weighted by molar-refractivity contribution is 14.1. The second-order valence-electron chi connectivity index (χ2n) is 4.54. The molecule has 18 heavy (non-hydrogen) atoms. The summed E-state index contributed by atoms with van der Waals surface area (Å²) in [6.45, 7) is 4.02. The Kier molecular flexibility index (Phi) is 4.45. The van der Waals surface area contributed by atoms with Crippen molar-refractivity contribution in [1.82, 2.24) is 5.32 Å². The van der Waals surface area contributed by atoms with Crippen LogP contribution in [0.2, 0.25) is 0 Å². The van der Waals surface area contributed by atoms with Crippen LogP contribution in [-0.2, 0) is 6.42 Å². The van der Waals surface area contributed by atoms with Gasteiger partial charge < -0.3 is 9.73 Å². The summed E-state index contributed by atoms with van der Waals surface area (Å²) in [6.07, 6.45) is 0.979. The Labute approximate surface area is 122 Å². The van der Waals surface area contributed by atoms with Gasteiger partial charge in [-0.1, -0.05) is 12.1 Å². The lowest BCUT2D eigenvalue weighted by Gasteiger charge is -2.15. The van der Waals surface area contributed by atoms with Crippen molar-refractivity contribution in [3.63, 3.8) is 0 Å². The van der Waals surface area contributed by atoms with Crippen LogP contribution in [0.15, 0.2) is 34.7 Å². The first kappa shape index (κ1) is 13.6. The van der Waals surface area contributed by atoms with Crippen LogP contribution in [0.3, 0.4) is 0 Å². The molecule has 2 rings (SSSR count). The summed E-state index contributed by atoms with van der Waals surface area (Å²) in [5.41, 5.74) is 2.60. The van der Waals surface area contributed by atoms with E-state index < -0.39 is 0 Å². The smallest absolute Gasteiger partial charge is 0.105 e. The average Bonchev–Trinajstić information content (AvgIpc) is 2.68. The second kappa shape index (κ2) is 5.89. The number of aryl methyl sites for hydroxylation is 2. The molecule has 0 radical (unpaired) electrons. The first-order chi connectivity index (χ1) is 8.60. The molecule has 2 nitrogen and oxygen atoms in total. The Morgan fingerprint density at radius 2 is 1.89 bits per heavy atom. The van der Waals surface area contributed by atoms with E-state index in [1.54, 1.807) is 0 Å². The van der Waals surface area contributed by atoms with E-state index in [1.165, 1.54) is 14.7 Å². The third-order valence-corrected chi connectivity index (χ3v) is 3.88. The fourth-order valence-corrected chi connectivity index (χ4v) is 2.58. The molecule has 0 aliphatic carbocycles. The third kappa shape index (κ3) is 3.14. The second-order valence-corrected chi connectivity index (χ2v) is 5.79. The molecular formula is C15H18INO. The maximum Gasteiger partial charge on any atom is 0.105 e. The molecule has 0 saturated heterocycles. The molecule has 96 valence electrons. The molecule has 0 saturated carbocycles. The number of furan rings is 1. The summed E-state index contributed by atoms with van der Waals surface area (Å²) in [5.74, 6) is 1.99. The highest BCUT2D eigenvalue weighted by Crippen LogP contribution is 2.24. The minimum atomic E-state index is 0.308. The zero-order valence-corrected chi connectivity index (χ0v) is 13.1. The Hall–Kier alpha value is -0.810. The van der Waals surface area contributed by atoms with Crippen LogP contribution in [0, 0.1) is 17.4 Å². The first-order valence-corrected chi connectivity index (χ1v) is 7.16. The molecule has 2 aromatic rings. The standard InChI is InChI=1S/C15H18INO/c1-10-8-14(11(2)18-10)15(17-3)9-12-4-6-13(16)7-5-12/h4-8,15,17H,9H2,1-3H3. The topological polar surface area (TPSA) is 25.2 Å². The first-order valence-electron chi connectivity index (χ1n) is 6.09. The molecule has 1 N–H and O–H groups in total. The van der Waals surface area contributed by atoms with Crippen molar-refractivity contribution in [2.75, 3.05) is 7.05 Å². The van der Waals surface area contributed by atoms with Gasteiger partial charge in [0, 0.05) is 15.2 Å². The molecular weight excluding hydrogens is 337 g/mol. The predicted octanol–water partition coefficient (Wildman–Crippen LogP) is 4.00. The Morgan fingerprint density at radius 1 is 1.22 bits per heavy atom. The predicted molar refractivity (Wildman–Crippen MR) is 82.8 cm³/mol. The summed E-state index contributed by atoms with van der Waals surface area (Å²) in [4.78, 5) is 0. The molecule has 0 fully saturated rings. The largest absolute Gasteiger partial charge is 0.466 e. The van der Waals surface area contributed by atoms with E-state index in [-0.39, 0.29) is 0 Å². The van der Waals surface area contributed by atoms with Gasteiger partial charge >= 0.3 is 0 Å². The van der Waals surface area contributed by atoms with E-state index in [2.05, 4.69) is 58.2 Å². The highest BCUT2D eigenvalue weighted by atomic mass is 127. The molecule has 0 aliphatic rings. The molecule has 0 spiro atoms. The molecule has 1 atom stereocenters. The lowest BCUT2D eigenvalue weighted by atomic mass is 9.99. The Balaban J connectivity index is 2.19. The van der Waals surface area contributed by atoms with E-state index in [0.29, 0.717) is 6.04 Å². The van der Waals surface area contributed by atoms with Crippen molar-refractivity contribution in [1.29, 1.82) is 0 Å². The van der Waals surface area contributed by atoms with Crippen LogP contribution < -0.4 is 5.32 Å². The van der Waals surface area contributed by atoms with E-state index in [4.69, 9.17) is 4.42 Å². The summed E-state index contributed by atoms with van der Waals surface area (Å²) in [7, 11) is 2.00. The van der Waals surface area contributed by atoms with E-state index >= 15 is 0 Å². The maximum atomic E-state index is 5.61. The maximum absolute atomic E-state index is 5.61. The summed E-state index contributed by atoms with van der Waals surface area (Å²) in [5, 5.41) is 3.37. The van der Waals surface area contributed by atoms with Crippen molar-refractivity contribution in [3.05, 3.63) is 56.5 Å². The normalized spacial score (nSPS) is 12.7. The van der Waals surface area contributed by atoms with Crippen molar-refractivity contribution < 1.29 is 4.42 Å². The van der Waals surface area contributed by atoms with Crippen molar-refractivity contribution in [2.45, 2.75) is 26.3 Å². The molecule has 0 bridgehead atoms. The van der Waals surface area contributed by atoms with Crippen LogP contribution in [-0.4, -0.2) is 7.05 Å². The van der Waals surface area contributed by atoms with Gasteiger partial charge in [-0.2, -0.15) is 0 Å². The summed E-state index contributed by atoms with van der Waals surface area (Å²) < 4.78 is 6.88. The van der Waals surface area contributed by atoms with Crippen molar-refractivity contribution in [2.24, 2.45) is 0 Å². The number of hydrogen-bond donors (Lipinski definition) is 1. The molecule has 1 aromatic carbocycles. The molecule has 1 unspecified atom stereocenters. The zero-order chi connectivity index (χ0) is 13.1. The van der Waals surface area contributed by atoms with Crippen LogP contribution in [0.5, 0.6) is 0 Å². The number of hydrogen-bond acceptors (Lipinski definition) is 2. The molecule has 0 aliphatic heterocycles. The van der Waals surface area contributed by atoms with E-state index in [0.717, 1.165) is 17.9 Å². The Bertz CT molecular complexity index is 516. The fraction of sp³-hybridized carbons (Fsp3) is 0.333. The minimum Gasteiger partial charge on any atom is -0.466 e. The number of nitrogens with one attached hydrogen (secondary N) is 1. The number of likely N-dealkylation sites (N-methyl/N-ethyl adjacent to an activating group) is 1. The van der Waals surface area contributed by atoms with Gasteiger partial charge in [-0.25, -0.2) is 0 Å². The molecule has 1 heterocycles.